The van der Waals surface area contributed by atoms with Crippen LogP contribution < -0.4 is 5.63 Å². The summed E-state index contributed by atoms with van der Waals surface area (Å²) < 4.78 is 10.5. The molecule has 0 bridgehead atoms. The lowest BCUT2D eigenvalue weighted by Gasteiger charge is -2.15. The summed E-state index contributed by atoms with van der Waals surface area (Å²) in [5, 5.41) is 21.8. The van der Waals surface area contributed by atoms with Gasteiger partial charge in [-0.3, -0.25) is 4.79 Å². The molecule has 0 fully saturated rings. The van der Waals surface area contributed by atoms with E-state index in [4.69, 9.17) is 9.15 Å². The van der Waals surface area contributed by atoms with Gasteiger partial charge in [-0.1, -0.05) is 48.9 Å². The summed E-state index contributed by atoms with van der Waals surface area (Å²) in [5.74, 6) is -2.32. The maximum atomic E-state index is 13.1. The van der Waals surface area contributed by atoms with E-state index in [1.807, 2.05) is 50.3 Å². The molecule has 1 heterocycles. The summed E-state index contributed by atoms with van der Waals surface area (Å²) >= 11 is 0. The van der Waals surface area contributed by atoms with Crippen LogP contribution in [0.25, 0.3) is 17.0 Å². The number of fused-ring (bicyclic) bond motifs is 1. The Balaban J connectivity index is 1.78. The number of esters is 1. The molecular formula is C28H28O7. The molecule has 0 saturated carbocycles. The molecule has 3 rings (SSSR count). The molecule has 182 valence electrons. The number of allylic oxidation sites excluding steroid dienone is 2. The van der Waals surface area contributed by atoms with Crippen LogP contribution in [0.3, 0.4) is 0 Å². The molecule has 2 aromatic carbocycles. The van der Waals surface area contributed by atoms with Crippen molar-refractivity contribution in [2.24, 2.45) is 5.92 Å². The predicted molar refractivity (Wildman–Crippen MR) is 133 cm³/mol. The normalized spacial score (nSPS) is 12.0. The summed E-state index contributed by atoms with van der Waals surface area (Å²) in [4.78, 5) is 36.8. The largest absolute Gasteiger partial charge is 0.507 e. The van der Waals surface area contributed by atoms with Gasteiger partial charge < -0.3 is 19.4 Å². The van der Waals surface area contributed by atoms with Crippen LogP contribution in [-0.4, -0.2) is 28.6 Å². The third-order valence-corrected chi connectivity index (χ3v) is 5.37. The van der Waals surface area contributed by atoms with Gasteiger partial charge in [-0.2, -0.15) is 0 Å². The van der Waals surface area contributed by atoms with Gasteiger partial charge in [0.15, 0.2) is 5.78 Å². The van der Waals surface area contributed by atoms with Gasteiger partial charge in [-0.25, -0.2) is 9.59 Å². The Bertz CT molecular complexity index is 1340. The molecule has 1 unspecified atom stereocenters. The number of ketones is 1. The maximum absolute atomic E-state index is 13.1. The van der Waals surface area contributed by atoms with Crippen LogP contribution in [0.2, 0.25) is 0 Å². The van der Waals surface area contributed by atoms with Crippen LogP contribution in [0, 0.1) is 5.92 Å². The van der Waals surface area contributed by atoms with Crippen molar-refractivity contribution >= 4 is 28.8 Å². The number of aromatic hydroxyl groups is 2. The number of hydrogen-bond acceptors (Lipinski definition) is 7. The molecule has 0 saturated heterocycles. The third-order valence-electron chi connectivity index (χ3n) is 5.37. The first-order valence-electron chi connectivity index (χ1n) is 11.2. The molecule has 1 aromatic heterocycles. The fourth-order valence-electron chi connectivity index (χ4n) is 3.57. The van der Waals surface area contributed by atoms with E-state index >= 15 is 0 Å². The highest BCUT2D eigenvalue weighted by Crippen LogP contribution is 2.40. The highest BCUT2D eigenvalue weighted by molar-refractivity contribution is 6.07. The quantitative estimate of drug-likeness (QED) is 0.144. The van der Waals surface area contributed by atoms with Crippen LogP contribution >= 0.6 is 0 Å². The minimum absolute atomic E-state index is 0.0156. The molecule has 35 heavy (non-hydrogen) atoms. The number of carbonyl (C=O) groups is 2. The number of phenolic OH excluding ortho intramolecular Hbond substituents is 2. The summed E-state index contributed by atoms with van der Waals surface area (Å²) in [7, 11) is 0. The molecule has 0 spiro atoms. The van der Waals surface area contributed by atoms with E-state index < -0.39 is 28.9 Å². The Hall–Kier alpha value is -4.13. The van der Waals surface area contributed by atoms with Crippen molar-refractivity contribution in [3.63, 3.8) is 0 Å². The SMILES string of the molecule is CC(C)=CCc1c(O)c(C(=O)CC(C)COC(=O)C=Cc2ccccc2)c(O)c2ccc(=O)oc12. The number of phenols is 2. The maximum Gasteiger partial charge on any atom is 0.336 e. The molecular weight excluding hydrogens is 448 g/mol. The Kier molecular flexibility index (Phi) is 8.25. The van der Waals surface area contributed by atoms with E-state index in [1.54, 1.807) is 13.0 Å². The van der Waals surface area contributed by atoms with Crippen LogP contribution in [0.5, 0.6) is 11.5 Å². The van der Waals surface area contributed by atoms with Crippen LogP contribution in [0.4, 0.5) is 0 Å². The first-order valence-corrected chi connectivity index (χ1v) is 11.2. The molecule has 0 radical (unpaired) electrons. The lowest BCUT2D eigenvalue weighted by molar-refractivity contribution is -0.138. The first kappa shape index (κ1) is 25.5. The van der Waals surface area contributed by atoms with Crippen molar-refractivity contribution in [3.8, 4) is 11.5 Å². The van der Waals surface area contributed by atoms with E-state index in [9.17, 15) is 24.6 Å². The smallest absolute Gasteiger partial charge is 0.336 e. The average Bonchev–Trinajstić information content (AvgIpc) is 2.81. The van der Waals surface area contributed by atoms with E-state index in [2.05, 4.69) is 0 Å². The second kappa shape index (κ2) is 11.3. The standard InChI is InChI=1S/C28H28O7/c1-17(2)9-11-20-26(32)25(27(33)21-12-14-24(31)35-28(20)21)22(29)15-18(3)16-34-23(30)13-10-19-7-5-4-6-8-19/h4-10,12-14,18,32-33H,11,15-16H2,1-3H3. The molecule has 3 aromatic rings. The number of hydrogen-bond donors (Lipinski definition) is 2. The van der Waals surface area contributed by atoms with Crippen LogP contribution in [0.15, 0.2) is 69.4 Å². The molecule has 7 heteroatoms. The predicted octanol–water partition coefficient (Wildman–Crippen LogP) is 5.18. The van der Waals surface area contributed by atoms with Crippen molar-refractivity contribution in [2.75, 3.05) is 6.61 Å². The Labute approximate surface area is 203 Å². The molecule has 7 nitrogen and oxygen atoms in total. The molecule has 0 aliphatic heterocycles. The first-order chi connectivity index (χ1) is 16.7. The summed E-state index contributed by atoms with van der Waals surface area (Å²) in [6.07, 6.45) is 4.89. The number of rotatable bonds is 9. The highest BCUT2D eigenvalue weighted by atomic mass is 16.5. The second-order valence-corrected chi connectivity index (χ2v) is 8.64. The molecule has 0 amide bonds. The van der Waals surface area contributed by atoms with Gasteiger partial charge in [0, 0.05) is 24.1 Å². The number of Topliss-reactive ketones (excluding diaryl/α,β-unsaturated/α-hetero) is 1. The summed E-state index contributed by atoms with van der Waals surface area (Å²) in [5.41, 5.74) is 1.22. The minimum Gasteiger partial charge on any atom is -0.507 e. The van der Waals surface area contributed by atoms with Crippen molar-refractivity contribution < 1.29 is 29.0 Å². The summed E-state index contributed by atoms with van der Waals surface area (Å²) in [6, 6.07) is 11.8. The fourth-order valence-corrected chi connectivity index (χ4v) is 3.57. The number of benzene rings is 2. The zero-order chi connectivity index (χ0) is 25.5. The van der Waals surface area contributed by atoms with Gasteiger partial charge in [-0.05, 0) is 43.9 Å². The lowest BCUT2D eigenvalue weighted by Crippen LogP contribution is -2.15. The van der Waals surface area contributed by atoms with Crippen LogP contribution in [0.1, 0.15) is 48.7 Å². The Morgan fingerprint density at radius 3 is 2.46 bits per heavy atom. The van der Waals surface area contributed by atoms with Crippen molar-refractivity contribution in [2.45, 2.75) is 33.6 Å². The van der Waals surface area contributed by atoms with E-state index in [0.717, 1.165) is 17.2 Å². The van der Waals surface area contributed by atoms with Gasteiger partial charge in [-0.15, -0.1) is 0 Å². The summed E-state index contributed by atoms with van der Waals surface area (Å²) in [6.45, 7) is 5.46. The van der Waals surface area contributed by atoms with Crippen molar-refractivity contribution in [3.05, 3.63) is 87.3 Å². The molecule has 0 aliphatic rings. The number of carbonyl (C=O) groups excluding carboxylic acids is 2. The Morgan fingerprint density at radius 2 is 1.77 bits per heavy atom. The van der Waals surface area contributed by atoms with Crippen molar-refractivity contribution in [1.82, 2.24) is 0 Å². The van der Waals surface area contributed by atoms with Gasteiger partial charge >= 0.3 is 11.6 Å². The van der Waals surface area contributed by atoms with E-state index in [-0.39, 0.29) is 47.5 Å². The number of ether oxygens (including phenoxy) is 1. The van der Waals surface area contributed by atoms with Gasteiger partial charge in [0.05, 0.1) is 12.0 Å². The zero-order valence-corrected chi connectivity index (χ0v) is 19.9. The van der Waals surface area contributed by atoms with Gasteiger partial charge in [0.1, 0.15) is 22.6 Å². The van der Waals surface area contributed by atoms with Crippen LogP contribution in [-0.2, 0) is 16.0 Å². The molecule has 1 atom stereocenters. The zero-order valence-electron chi connectivity index (χ0n) is 19.9. The third kappa shape index (κ3) is 6.47. The van der Waals surface area contributed by atoms with E-state index in [1.165, 1.54) is 12.1 Å². The Morgan fingerprint density at radius 1 is 1.06 bits per heavy atom. The van der Waals surface area contributed by atoms with E-state index in [0.29, 0.717) is 0 Å². The molecule has 2 N–H and O–H groups in total. The second-order valence-electron chi connectivity index (χ2n) is 8.64. The average molecular weight is 477 g/mol. The molecule has 0 aliphatic carbocycles. The monoisotopic (exact) mass is 476 g/mol. The van der Waals surface area contributed by atoms with Crippen molar-refractivity contribution in [1.29, 1.82) is 0 Å². The minimum atomic E-state index is -0.634. The fraction of sp³-hybridized carbons (Fsp3) is 0.250. The topological polar surface area (TPSA) is 114 Å². The van der Waals surface area contributed by atoms with Gasteiger partial charge in [0.25, 0.3) is 0 Å². The lowest BCUT2D eigenvalue weighted by atomic mass is 9.93. The highest BCUT2D eigenvalue weighted by Gasteiger charge is 2.26. The van der Waals surface area contributed by atoms with Gasteiger partial charge in [0.2, 0.25) is 0 Å².